The molecule has 4 aromatic rings. The molecule has 0 aliphatic carbocycles. The summed E-state index contributed by atoms with van der Waals surface area (Å²) in [7, 11) is 1.81. The lowest BCUT2D eigenvalue weighted by Crippen LogP contribution is -2.26. The SMILES string of the molecule is Cc1ccc(N(C)C(=O)c2cc(-c3cc(C)sc3C)nc3c2cnn3C(C)C)cc1. The van der Waals surface area contributed by atoms with Crippen molar-refractivity contribution in [2.45, 2.75) is 40.7 Å². The average Bonchev–Trinajstić information content (AvgIpc) is 3.29. The van der Waals surface area contributed by atoms with Gasteiger partial charge < -0.3 is 4.90 Å². The zero-order chi connectivity index (χ0) is 21.6. The molecule has 1 aromatic carbocycles. The number of fused-ring (bicyclic) bond motifs is 1. The van der Waals surface area contributed by atoms with Crippen LogP contribution in [0.1, 0.15) is 45.6 Å². The molecule has 4 rings (SSSR count). The molecule has 5 nitrogen and oxygen atoms in total. The zero-order valence-corrected chi connectivity index (χ0v) is 19.0. The van der Waals surface area contributed by atoms with Gasteiger partial charge in [0.15, 0.2) is 5.65 Å². The summed E-state index contributed by atoms with van der Waals surface area (Å²) in [5, 5.41) is 5.31. The fourth-order valence-corrected chi connectivity index (χ4v) is 4.60. The van der Waals surface area contributed by atoms with Gasteiger partial charge in [0, 0.05) is 34.1 Å². The van der Waals surface area contributed by atoms with Crippen molar-refractivity contribution in [3.63, 3.8) is 0 Å². The lowest BCUT2D eigenvalue weighted by Gasteiger charge is -2.19. The number of pyridine rings is 1. The second kappa shape index (κ2) is 7.69. The van der Waals surface area contributed by atoms with Crippen molar-refractivity contribution in [3.8, 4) is 11.3 Å². The first kappa shape index (κ1) is 20.3. The van der Waals surface area contributed by atoms with Gasteiger partial charge in [0.2, 0.25) is 0 Å². The van der Waals surface area contributed by atoms with Gasteiger partial charge in [0.05, 0.1) is 22.8 Å². The standard InChI is InChI=1S/C24H26N4OS/c1-14(2)28-23-21(13-25-28)20(12-22(26-23)19-11-16(4)30-17(19)5)24(29)27(6)18-9-7-15(3)8-10-18/h7-14H,1-6H3. The summed E-state index contributed by atoms with van der Waals surface area (Å²) in [5.41, 5.74) is 5.26. The van der Waals surface area contributed by atoms with Gasteiger partial charge in [-0.3, -0.25) is 4.79 Å². The monoisotopic (exact) mass is 418 g/mol. The van der Waals surface area contributed by atoms with Crippen LogP contribution in [0.4, 0.5) is 5.69 Å². The van der Waals surface area contributed by atoms with Crippen LogP contribution >= 0.6 is 11.3 Å². The number of nitrogens with zero attached hydrogens (tertiary/aromatic N) is 4. The summed E-state index contributed by atoms with van der Waals surface area (Å²) in [6.07, 6.45) is 1.76. The number of benzene rings is 1. The molecule has 0 N–H and O–H groups in total. The number of anilines is 1. The highest BCUT2D eigenvalue weighted by molar-refractivity contribution is 7.12. The number of hydrogen-bond donors (Lipinski definition) is 0. The van der Waals surface area contributed by atoms with Gasteiger partial charge in [-0.1, -0.05) is 17.7 Å². The first-order valence-corrected chi connectivity index (χ1v) is 10.9. The van der Waals surface area contributed by atoms with Crippen LogP contribution in [0.2, 0.25) is 0 Å². The van der Waals surface area contributed by atoms with Gasteiger partial charge in [-0.2, -0.15) is 5.10 Å². The topological polar surface area (TPSA) is 51.0 Å². The first-order valence-electron chi connectivity index (χ1n) is 10.1. The minimum Gasteiger partial charge on any atom is -0.311 e. The second-order valence-electron chi connectivity index (χ2n) is 8.00. The Morgan fingerprint density at radius 1 is 1.10 bits per heavy atom. The van der Waals surface area contributed by atoms with E-state index in [0.29, 0.717) is 5.56 Å². The number of carbonyl (C=O) groups excluding carboxylic acids is 1. The molecule has 0 saturated carbocycles. The molecule has 0 fully saturated rings. The van der Waals surface area contributed by atoms with Crippen molar-refractivity contribution >= 4 is 34.0 Å². The molecular weight excluding hydrogens is 392 g/mol. The maximum atomic E-state index is 13.6. The molecule has 0 spiro atoms. The maximum absolute atomic E-state index is 13.6. The predicted molar refractivity (Wildman–Crippen MR) is 125 cm³/mol. The number of thiophene rings is 1. The van der Waals surface area contributed by atoms with E-state index in [-0.39, 0.29) is 11.9 Å². The summed E-state index contributed by atoms with van der Waals surface area (Å²) in [6, 6.07) is 12.2. The maximum Gasteiger partial charge on any atom is 0.258 e. The van der Waals surface area contributed by atoms with Crippen molar-refractivity contribution in [3.05, 3.63) is 63.5 Å². The second-order valence-corrected chi connectivity index (χ2v) is 9.46. The third kappa shape index (κ3) is 3.52. The number of carbonyl (C=O) groups is 1. The van der Waals surface area contributed by atoms with E-state index in [1.54, 1.807) is 22.4 Å². The minimum absolute atomic E-state index is 0.0691. The van der Waals surface area contributed by atoms with Gasteiger partial charge in [-0.05, 0) is 58.9 Å². The van der Waals surface area contributed by atoms with E-state index in [2.05, 4.69) is 38.9 Å². The molecule has 0 atom stereocenters. The zero-order valence-electron chi connectivity index (χ0n) is 18.2. The molecule has 6 heteroatoms. The van der Waals surface area contributed by atoms with Crippen molar-refractivity contribution in [1.29, 1.82) is 0 Å². The largest absolute Gasteiger partial charge is 0.311 e. The highest BCUT2D eigenvalue weighted by atomic mass is 32.1. The number of amides is 1. The van der Waals surface area contributed by atoms with Gasteiger partial charge >= 0.3 is 0 Å². The third-order valence-corrected chi connectivity index (χ3v) is 6.30. The Hall–Kier alpha value is -2.99. The summed E-state index contributed by atoms with van der Waals surface area (Å²) < 4.78 is 1.88. The summed E-state index contributed by atoms with van der Waals surface area (Å²) in [4.78, 5) is 22.6. The molecule has 154 valence electrons. The first-order chi connectivity index (χ1) is 14.3. The van der Waals surface area contributed by atoms with Crippen molar-refractivity contribution < 1.29 is 4.79 Å². The molecule has 0 bridgehead atoms. The summed E-state index contributed by atoms with van der Waals surface area (Å²) in [5.74, 6) is -0.0691. The van der Waals surface area contributed by atoms with Crippen LogP contribution in [0.25, 0.3) is 22.3 Å². The number of aryl methyl sites for hydroxylation is 3. The van der Waals surface area contributed by atoms with E-state index in [1.165, 1.54) is 9.75 Å². The van der Waals surface area contributed by atoms with Crippen LogP contribution in [0.15, 0.2) is 42.6 Å². The van der Waals surface area contributed by atoms with Gasteiger partial charge in [-0.25, -0.2) is 9.67 Å². The Kier molecular flexibility index (Phi) is 5.20. The quantitative estimate of drug-likeness (QED) is 0.412. The van der Waals surface area contributed by atoms with E-state index < -0.39 is 0 Å². The van der Waals surface area contributed by atoms with Crippen molar-refractivity contribution in [2.24, 2.45) is 0 Å². The van der Waals surface area contributed by atoms with E-state index in [0.717, 1.165) is 33.5 Å². The third-order valence-electron chi connectivity index (χ3n) is 5.33. The van der Waals surface area contributed by atoms with Gasteiger partial charge in [-0.15, -0.1) is 11.3 Å². The number of rotatable bonds is 4. The Bertz CT molecular complexity index is 1230. The van der Waals surface area contributed by atoms with E-state index >= 15 is 0 Å². The van der Waals surface area contributed by atoms with Crippen LogP contribution in [0.5, 0.6) is 0 Å². The molecular formula is C24H26N4OS. The Balaban J connectivity index is 1.90. The molecule has 30 heavy (non-hydrogen) atoms. The predicted octanol–water partition coefficient (Wildman–Crippen LogP) is 5.94. The normalized spacial score (nSPS) is 11.4. The lowest BCUT2D eigenvalue weighted by molar-refractivity contribution is 0.0994. The smallest absolute Gasteiger partial charge is 0.258 e. The molecule has 0 radical (unpaired) electrons. The van der Waals surface area contributed by atoms with Gasteiger partial charge in [0.1, 0.15) is 0 Å². The number of hydrogen-bond acceptors (Lipinski definition) is 4. The van der Waals surface area contributed by atoms with Gasteiger partial charge in [0.25, 0.3) is 5.91 Å². The Morgan fingerprint density at radius 2 is 1.80 bits per heavy atom. The highest BCUT2D eigenvalue weighted by Gasteiger charge is 2.22. The van der Waals surface area contributed by atoms with Crippen LogP contribution < -0.4 is 4.90 Å². The van der Waals surface area contributed by atoms with E-state index in [9.17, 15) is 4.79 Å². The minimum atomic E-state index is -0.0691. The number of aromatic nitrogens is 3. The molecule has 3 aromatic heterocycles. The van der Waals surface area contributed by atoms with Crippen molar-refractivity contribution in [1.82, 2.24) is 14.8 Å². The molecule has 0 aliphatic rings. The van der Waals surface area contributed by atoms with E-state index in [4.69, 9.17) is 4.98 Å². The van der Waals surface area contributed by atoms with Crippen LogP contribution in [0, 0.1) is 20.8 Å². The van der Waals surface area contributed by atoms with Crippen LogP contribution in [-0.2, 0) is 0 Å². The molecule has 0 saturated heterocycles. The average molecular weight is 419 g/mol. The lowest BCUT2D eigenvalue weighted by atomic mass is 10.1. The Morgan fingerprint density at radius 3 is 2.40 bits per heavy atom. The highest BCUT2D eigenvalue weighted by Crippen LogP contribution is 2.33. The molecule has 3 heterocycles. The van der Waals surface area contributed by atoms with Crippen LogP contribution in [0.3, 0.4) is 0 Å². The van der Waals surface area contributed by atoms with Crippen molar-refractivity contribution in [2.75, 3.05) is 11.9 Å². The molecule has 0 unspecified atom stereocenters. The fourth-order valence-electron chi connectivity index (χ4n) is 3.66. The fraction of sp³-hybridized carbons (Fsp3) is 0.292. The summed E-state index contributed by atoms with van der Waals surface area (Å²) >= 11 is 1.74. The van der Waals surface area contributed by atoms with Crippen LogP contribution in [-0.4, -0.2) is 27.7 Å². The molecule has 1 amide bonds. The Labute approximate surface area is 181 Å². The molecule has 0 aliphatic heterocycles. The van der Waals surface area contributed by atoms with E-state index in [1.807, 2.05) is 49.0 Å². The summed E-state index contributed by atoms with van der Waals surface area (Å²) in [6.45, 7) is 10.4.